The summed E-state index contributed by atoms with van der Waals surface area (Å²) in [6.45, 7) is 0. The summed E-state index contributed by atoms with van der Waals surface area (Å²) >= 11 is 16.7. The van der Waals surface area contributed by atoms with Gasteiger partial charge < -0.3 is 4.98 Å². The van der Waals surface area contributed by atoms with Gasteiger partial charge in [0, 0.05) is 15.6 Å². The normalized spacial score (nSPS) is 11.2. The van der Waals surface area contributed by atoms with Crippen molar-refractivity contribution in [3.8, 4) is 5.69 Å². The SMILES string of the molecule is Fc1cc2c(cc1I)[nH]c(=S)n2-c1ccc(Cl)cc1Br. The van der Waals surface area contributed by atoms with E-state index in [9.17, 15) is 4.39 Å². The van der Waals surface area contributed by atoms with Crippen molar-refractivity contribution in [2.75, 3.05) is 0 Å². The van der Waals surface area contributed by atoms with Crippen LogP contribution in [0.5, 0.6) is 0 Å². The average Bonchev–Trinajstić information content (AvgIpc) is 2.66. The van der Waals surface area contributed by atoms with Gasteiger partial charge in [0.1, 0.15) is 5.82 Å². The monoisotopic (exact) mass is 482 g/mol. The van der Waals surface area contributed by atoms with Crippen LogP contribution in [-0.2, 0) is 0 Å². The fourth-order valence-corrected chi connectivity index (χ4v) is 3.64. The minimum absolute atomic E-state index is 0.272. The third-order valence-electron chi connectivity index (χ3n) is 2.87. The molecule has 0 atom stereocenters. The molecule has 3 aromatic rings. The van der Waals surface area contributed by atoms with Gasteiger partial charge in [-0.25, -0.2) is 4.39 Å². The Bertz CT molecular complexity index is 890. The van der Waals surface area contributed by atoms with E-state index in [-0.39, 0.29) is 5.82 Å². The topological polar surface area (TPSA) is 20.7 Å². The summed E-state index contributed by atoms with van der Waals surface area (Å²) in [6, 6.07) is 8.60. The molecule has 0 amide bonds. The molecule has 0 saturated heterocycles. The lowest BCUT2D eigenvalue weighted by Crippen LogP contribution is -1.96. The molecule has 7 heteroatoms. The molecule has 0 aliphatic carbocycles. The number of nitrogens with one attached hydrogen (secondary N) is 1. The molecule has 0 unspecified atom stereocenters. The maximum atomic E-state index is 13.8. The summed E-state index contributed by atoms with van der Waals surface area (Å²) in [6.07, 6.45) is 0. The lowest BCUT2D eigenvalue weighted by molar-refractivity contribution is 0.622. The van der Waals surface area contributed by atoms with Crippen LogP contribution in [0.3, 0.4) is 0 Å². The number of H-pyrrole nitrogens is 1. The largest absolute Gasteiger partial charge is 0.330 e. The zero-order chi connectivity index (χ0) is 14.4. The summed E-state index contributed by atoms with van der Waals surface area (Å²) in [5, 5.41) is 0.618. The Hall–Kier alpha value is -0.440. The van der Waals surface area contributed by atoms with Crippen molar-refractivity contribution in [1.82, 2.24) is 9.55 Å². The Morgan fingerprint density at radius 2 is 2.05 bits per heavy atom. The molecular formula is C13H6BrClFIN2S. The molecule has 1 aromatic heterocycles. The van der Waals surface area contributed by atoms with E-state index < -0.39 is 0 Å². The maximum absolute atomic E-state index is 13.8. The van der Waals surface area contributed by atoms with Crippen LogP contribution >= 0.6 is 62.3 Å². The summed E-state index contributed by atoms with van der Waals surface area (Å²) in [4.78, 5) is 3.09. The summed E-state index contributed by atoms with van der Waals surface area (Å²) in [5.74, 6) is -0.272. The molecule has 102 valence electrons. The van der Waals surface area contributed by atoms with Crippen LogP contribution in [-0.4, -0.2) is 9.55 Å². The van der Waals surface area contributed by atoms with E-state index in [1.54, 1.807) is 22.8 Å². The molecule has 0 bridgehead atoms. The number of fused-ring (bicyclic) bond motifs is 1. The van der Waals surface area contributed by atoms with Gasteiger partial charge in [-0.3, -0.25) is 4.57 Å². The van der Waals surface area contributed by atoms with Crippen molar-refractivity contribution in [3.63, 3.8) is 0 Å². The predicted octanol–water partition coefficient (Wildman–Crippen LogP) is 5.85. The molecule has 3 rings (SSSR count). The van der Waals surface area contributed by atoms with Crippen LogP contribution in [0.1, 0.15) is 0 Å². The second-order valence-corrected chi connectivity index (χ2v) is 6.98. The highest BCUT2D eigenvalue weighted by Gasteiger charge is 2.12. The average molecular weight is 484 g/mol. The molecule has 2 nitrogen and oxygen atoms in total. The first kappa shape index (κ1) is 14.5. The molecule has 1 N–H and O–H groups in total. The van der Waals surface area contributed by atoms with Gasteiger partial charge in [-0.1, -0.05) is 11.6 Å². The smallest absolute Gasteiger partial charge is 0.182 e. The quantitative estimate of drug-likeness (QED) is 0.340. The standard InChI is InChI=1S/C13H6BrClFIN2S/c14-7-3-6(15)1-2-11(7)19-12-4-8(16)9(17)5-10(12)18-13(19)20/h1-5H,(H,18,20). The highest BCUT2D eigenvalue weighted by Crippen LogP contribution is 2.29. The number of hydrogen-bond acceptors (Lipinski definition) is 1. The van der Waals surface area contributed by atoms with Gasteiger partial charge in [0.25, 0.3) is 0 Å². The van der Waals surface area contributed by atoms with Gasteiger partial charge in [0.05, 0.1) is 20.3 Å². The molecule has 0 fully saturated rings. The number of aromatic nitrogens is 2. The zero-order valence-electron chi connectivity index (χ0n) is 9.75. The molecule has 0 radical (unpaired) electrons. The van der Waals surface area contributed by atoms with E-state index in [0.717, 1.165) is 15.7 Å². The first-order valence-corrected chi connectivity index (χ1v) is 8.18. The third kappa shape index (κ3) is 2.43. The van der Waals surface area contributed by atoms with E-state index in [1.165, 1.54) is 6.07 Å². The summed E-state index contributed by atoms with van der Waals surface area (Å²) in [7, 11) is 0. The Morgan fingerprint density at radius 3 is 2.75 bits per heavy atom. The number of nitrogens with zero attached hydrogens (tertiary/aromatic N) is 1. The Kier molecular flexibility index (Phi) is 3.91. The summed E-state index contributed by atoms with van der Waals surface area (Å²) < 4.78 is 17.4. The van der Waals surface area contributed by atoms with Gasteiger partial charge in [-0.2, -0.15) is 0 Å². The molecule has 0 aliphatic heterocycles. The summed E-state index contributed by atoms with van der Waals surface area (Å²) in [5.41, 5.74) is 2.30. The Balaban J connectivity index is 2.39. The zero-order valence-corrected chi connectivity index (χ0v) is 15.1. The predicted molar refractivity (Wildman–Crippen MR) is 93.8 cm³/mol. The van der Waals surface area contributed by atoms with Crippen LogP contribution in [0.2, 0.25) is 5.02 Å². The van der Waals surface area contributed by atoms with Gasteiger partial charge >= 0.3 is 0 Å². The Labute approximate surface area is 146 Å². The highest BCUT2D eigenvalue weighted by molar-refractivity contribution is 14.1. The van der Waals surface area contributed by atoms with Crippen LogP contribution in [0.4, 0.5) is 4.39 Å². The highest BCUT2D eigenvalue weighted by atomic mass is 127. The molecule has 1 heterocycles. The first-order chi connectivity index (χ1) is 9.47. The third-order valence-corrected chi connectivity index (χ3v) is 4.86. The van der Waals surface area contributed by atoms with E-state index in [0.29, 0.717) is 18.9 Å². The molecule has 0 aliphatic rings. The molecule has 20 heavy (non-hydrogen) atoms. The number of benzene rings is 2. The van der Waals surface area contributed by atoms with Crippen molar-refractivity contribution in [2.24, 2.45) is 0 Å². The van der Waals surface area contributed by atoms with Crippen molar-refractivity contribution in [1.29, 1.82) is 0 Å². The van der Waals surface area contributed by atoms with Crippen LogP contribution < -0.4 is 0 Å². The van der Waals surface area contributed by atoms with Crippen molar-refractivity contribution in [3.05, 3.63) is 54.0 Å². The second kappa shape index (κ2) is 5.40. The maximum Gasteiger partial charge on any atom is 0.182 e. The van der Waals surface area contributed by atoms with E-state index in [2.05, 4.69) is 20.9 Å². The van der Waals surface area contributed by atoms with Crippen molar-refractivity contribution < 1.29 is 4.39 Å². The minimum atomic E-state index is -0.272. The second-order valence-electron chi connectivity index (χ2n) is 4.14. The fourth-order valence-electron chi connectivity index (χ4n) is 2.00. The first-order valence-electron chi connectivity index (χ1n) is 5.52. The number of hydrogen-bond donors (Lipinski definition) is 1. The van der Waals surface area contributed by atoms with E-state index in [1.807, 2.05) is 28.7 Å². The van der Waals surface area contributed by atoms with Crippen LogP contribution in [0.25, 0.3) is 16.7 Å². The van der Waals surface area contributed by atoms with Crippen molar-refractivity contribution in [2.45, 2.75) is 0 Å². The van der Waals surface area contributed by atoms with Gasteiger partial charge in [0.2, 0.25) is 0 Å². The lowest BCUT2D eigenvalue weighted by Gasteiger charge is -2.08. The number of rotatable bonds is 1. The van der Waals surface area contributed by atoms with Gasteiger partial charge in [-0.15, -0.1) is 0 Å². The van der Waals surface area contributed by atoms with E-state index in [4.69, 9.17) is 23.8 Å². The molecule has 2 aromatic carbocycles. The molecule has 0 saturated carbocycles. The lowest BCUT2D eigenvalue weighted by atomic mass is 10.2. The molecular weight excluding hydrogens is 477 g/mol. The fraction of sp³-hybridized carbons (Fsp3) is 0. The van der Waals surface area contributed by atoms with Gasteiger partial charge in [-0.05, 0) is 75.0 Å². The number of aromatic amines is 1. The minimum Gasteiger partial charge on any atom is -0.330 e. The number of imidazole rings is 1. The van der Waals surface area contributed by atoms with Crippen LogP contribution in [0, 0.1) is 14.2 Å². The van der Waals surface area contributed by atoms with Gasteiger partial charge in [0.15, 0.2) is 4.77 Å². The van der Waals surface area contributed by atoms with E-state index >= 15 is 0 Å². The molecule has 0 spiro atoms. The number of halogens is 4. The van der Waals surface area contributed by atoms with Crippen molar-refractivity contribution >= 4 is 73.4 Å². The van der Waals surface area contributed by atoms with Crippen LogP contribution in [0.15, 0.2) is 34.8 Å². The Morgan fingerprint density at radius 1 is 1.30 bits per heavy atom.